The molecule has 1 aliphatic carbocycles. The lowest BCUT2D eigenvalue weighted by Gasteiger charge is -2.47. The molecule has 5 rings (SSSR count). The molecule has 1 aromatic carbocycles. The molecule has 160 valence electrons. The van der Waals surface area contributed by atoms with Crippen molar-refractivity contribution in [2.45, 2.75) is 38.1 Å². The molecule has 2 amide bonds. The van der Waals surface area contributed by atoms with Crippen LogP contribution in [-0.2, 0) is 11.2 Å². The highest BCUT2D eigenvalue weighted by Crippen LogP contribution is 2.41. The first-order valence-corrected chi connectivity index (χ1v) is 10.8. The number of pyridine rings is 1. The van der Waals surface area contributed by atoms with E-state index in [4.69, 9.17) is 0 Å². The lowest BCUT2D eigenvalue weighted by atomic mass is 9.78. The first kappa shape index (κ1) is 19.7. The molecule has 31 heavy (non-hydrogen) atoms. The van der Waals surface area contributed by atoms with Gasteiger partial charge in [-0.25, -0.2) is 0 Å². The molecule has 0 saturated carbocycles. The van der Waals surface area contributed by atoms with Gasteiger partial charge in [0.25, 0.3) is 11.5 Å². The predicted molar refractivity (Wildman–Crippen MR) is 114 cm³/mol. The maximum Gasteiger partial charge on any atom is 0.254 e. The van der Waals surface area contributed by atoms with E-state index >= 15 is 0 Å². The third-order valence-corrected chi connectivity index (χ3v) is 6.95. The first-order valence-electron chi connectivity index (χ1n) is 10.8. The predicted octanol–water partition coefficient (Wildman–Crippen LogP) is 1.91. The first-order chi connectivity index (χ1) is 14.9. The van der Waals surface area contributed by atoms with Crippen LogP contribution in [0.1, 0.15) is 63.7 Å². The second kappa shape index (κ2) is 7.48. The Kier molecular flexibility index (Phi) is 4.76. The van der Waals surface area contributed by atoms with E-state index in [1.807, 2.05) is 21.6 Å². The van der Waals surface area contributed by atoms with Gasteiger partial charge in [0, 0.05) is 61.8 Å². The molecule has 7 heteroatoms. The van der Waals surface area contributed by atoms with E-state index < -0.39 is 0 Å². The quantitative estimate of drug-likeness (QED) is 0.823. The lowest BCUT2D eigenvalue weighted by Crippen LogP contribution is -2.53. The number of nitrogens with zero attached hydrogens (tertiary/aromatic N) is 2. The lowest BCUT2D eigenvalue weighted by molar-refractivity contribution is -0.119. The van der Waals surface area contributed by atoms with Gasteiger partial charge in [-0.3, -0.25) is 19.2 Å². The van der Waals surface area contributed by atoms with Crippen LogP contribution in [0.25, 0.3) is 0 Å². The van der Waals surface area contributed by atoms with Gasteiger partial charge in [-0.05, 0) is 36.5 Å². The Morgan fingerprint density at radius 1 is 1.06 bits per heavy atom. The van der Waals surface area contributed by atoms with Gasteiger partial charge < -0.3 is 14.8 Å². The number of likely N-dealkylation sites (tertiary alicyclic amines) is 1. The third-order valence-electron chi connectivity index (χ3n) is 6.95. The maximum absolute atomic E-state index is 13.5. The number of ketones is 1. The Morgan fingerprint density at radius 3 is 2.68 bits per heavy atom. The Hall–Kier alpha value is -3.22. The van der Waals surface area contributed by atoms with E-state index in [-0.39, 0.29) is 41.0 Å². The van der Waals surface area contributed by atoms with Gasteiger partial charge in [-0.1, -0.05) is 18.2 Å². The van der Waals surface area contributed by atoms with Gasteiger partial charge in [0.15, 0.2) is 5.78 Å². The number of carbonyl (C=O) groups is 3. The minimum absolute atomic E-state index is 0.0498. The van der Waals surface area contributed by atoms with Gasteiger partial charge in [-0.15, -0.1) is 0 Å². The van der Waals surface area contributed by atoms with Crippen molar-refractivity contribution in [1.82, 2.24) is 14.8 Å². The van der Waals surface area contributed by atoms with E-state index in [0.29, 0.717) is 43.6 Å². The molecular formula is C24H25N3O4. The molecule has 0 spiro atoms. The molecule has 1 N–H and O–H groups in total. The summed E-state index contributed by atoms with van der Waals surface area (Å²) in [5.74, 6) is 0.0557. The van der Waals surface area contributed by atoms with E-state index in [0.717, 1.165) is 17.7 Å². The molecular weight excluding hydrogens is 394 g/mol. The van der Waals surface area contributed by atoms with Gasteiger partial charge in [0.1, 0.15) is 0 Å². The van der Waals surface area contributed by atoms with E-state index in [9.17, 15) is 19.2 Å². The van der Waals surface area contributed by atoms with Crippen molar-refractivity contribution in [3.05, 3.63) is 69.1 Å². The maximum atomic E-state index is 13.5. The van der Waals surface area contributed by atoms with Crippen molar-refractivity contribution >= 4 is 17.6 Å². The highest BCUT2D eigenvalue weighted by Gasteiger charge is 2.42. The monoisotopic (exact) mass is 419 g/mol. The Balaban J connectivity index is 1.49. The van der Waals surface area contributed by atoms with Crippen LogP contribution >= 0.6 is 0 Å². The van der Waals surface area contributed by atoms with Crippen LogP contribution in [0.4, 0.5) is 0 Å². The molecule has 0 radical (unpaired) electrons. The molecule has 2 aromatic rings. The summed E-state index contributed by atoms with van der Waals surface area (Å²) in [6.45, 7) is 2.90. The summed E-state index contributed by atoms with van der Waals surface area (Å²) >= 11 is 0. The topological polar surface area (TPSA) is 88.5 Å². The average molecular weight is 419 g/mol. The highest BCUT2D eigenvalue weighted by molar-refractivity contribution is 6.05. The Morgan fingerprint density at radius 2 is 1.87 bits per heavy atom. The molecule has 3 heterocycles. The zero-order chi connectivity index (χ0) is 21.7. The van der Waals surface area contributed by atoms with Crippen molar-refractivity contribution < 1.29 is 14.4 Å². The molecule has 3 atom stereocenters. The summed E-state index contributed by atoms with van der Waals surface area (Å²) in [5.41, 5.74) is 3.00. The van der Waals surface area contributed by atoms with Gasteiger partial charge in [0.2, 0.25) is 5.91 Å². The number of hydrogen-bond donors (Lipinski definition) is 1. The van der Waals surface area contributed by atoms with Crippen LogP contribution in [0.5, 0.6) is 0 Å². The molecule has 2 aliphatic heterocycles. The summed E-state index contributed by atoms with van der Waals surface area (Å²) < 4.78 is 1.81. The molecule has 3 aliphatic rings. The highest BCUT2D eigenvalue weighted by atomic mass is 16.2. The van der Waals surface area contributed by atoms with Crippen molar-refractivity contribution in [3.63, 3.8) is 0 Å². The number of nitrogens with one attached hydrogen (secondary N) is 1. The number of rotatable bonds is 3. The number of Topliss-reactive ketones (excluding diaryl/α,β-unsaturated/α-hetero) is 1. The fraction of sp³-hybridized carbons (Fsp3) is 0.417. The Bertz CT molecular complexity index is 1150. The van der Waals surface area contributed by atoms with Crippen LogP contribution in [-0.4, -0.2) is 46.7 Å². The molecule has 0 unspecified atom stereocenters. The molecule has 2 bridgehead atoms. The molecule has 1 saturated heterocycles. The number of amides is 2. The number of fused-ring (bicyclic) bond motifs is 5. The zero-order valence-electron chi connectivity index (χ0n) is 17.5. The molecule has 1 fully saturated rings. The second-order valence-electron chi connectivity index (χ2n) is 8.82. The summed E-state index contributed by atoms with van der Waals surface area (Å²) in [6, 6.07) is 10.5. The largest absolute Gasteiger partial charge is 0.354 e. The third kappa shape index (κ3) is 3.28. The molecule has 7 nitrogen and oxygen atoms in total. The van der Waals surface area contributed by atoms with Gasteiger partial charge in [-0.2, -0.15) is 0 Å². The van der Waals surface area contributed by atoms with E-state index in [2.05, 4.69) is 5.32 Å². The number of carbonyl (C=O) groups excluding carboxylic acids is 3. The van der Waals surface area contributed by atoms with E-state index in [1.165, 1.54) is 6.92 Å². The van der Waals surface area contributed by atoms with Crippen molar-refractivity contribution in [3.8, 4) is 0 Å². The Labute approximate surface area is 180 Å². The minimum Gasteiger partial charge on any atom is -0.354 e. The summed E-state index contributed by atoms with van der Waals surface area (Å²) in [6.07, 6.45) is 1.95. The second-order valence-corrected chi connectivity index (χ2v) is 8.82. The van der Waals surface area contributed by atoms with Crippen LogP contribution in [0.3, 0.4) is 0 Å². The summed E-state index contributed by atoms with van der Waals surface area (Å²) in [5, 5.41) is 2.86. The summed E-state index contributed by atoms with van der Waals surface area (Å²) in [4.78, 5) is 51.8. The average Bonchev–Trinajstić information content (AvgIpc) is 3.14. The van der Waals surface area contributed by atoms with Crippen molar-refractivity contribution in [1.29, 1.82) is 0 Å². The van der Waals surface area contributed by atoms with Gasteiger partial charge >= 0.3 is 0 Å². The molecule has 1 aromatic heterocycles. The zero-order valence-corrected chi connectivity index (χ0v) is 17.5. The smallest absolute Gasteiger partial charge is 0.254 e. The van der Waals surface area contributed by atoms with Crippen molar-refractivity contribution in [2.24, 2.45) is 5.92 Å². The number of benzene rings is 1. The van der Waals surface area contributed by atoms with E-state index in [1.54, 1.807) is 24.3 Å². The van der Waals surface area contributed by atoms with Crippen LogP contribution in [0, 0.1) is 5.92 Å². The number of aromatic nitrogens is 1. The van der Waals surface area contributed by atoms with Gasteiger partial charge in [0.05, 0.1) is 6.04 Å². The SMILES string of the molecule is CC(=O)NC[C@H]1[C@H]2C[C@H](CN(C(=O)c3cccc4c3CCC4=O)C2)c2cccc(=O)n21. The minimum atomic E-state index is -0.192. The number of piperidine rings is 1. The van der Waals surface area contributed by atoms with Crippen LogP contribution in [0.15, 0.2) is 41.2 Å². The normalized spacial score (nSPS) is 23.8. The fourth-order valence-electron chi connectivity index (χ4n) is 5.58. The van der Waals surface area contributed by atoms with Crippen molar-refractivity contribution in [2.75, 3.05) is 19.6 Å². The van der Waals surface area contributed by atoms with Crippen LogP contribution < -0.4 is 10.9 Å². The van der Waals surface area contributed by atoms with Crippen LogP contribution in [0.2, 0.25) is 0 Å². The number of hydrogen-bond acceptors (Lipinski definition) is 4. The standard InChI is InChI=1S/C24H25N3O4/c1-14(28)25-11-21-16-10-15(20-6-3-7-23(30)27(20)21)12-26(13-16)24(31)19-5-2-4-18-17(19)8-9-22(18)29/h2-7,15-16,21H,8-13H2,1H3,(H,25,28)/t15-,16+,21+/m1/s1. The fourth-order valence-corrected chi connectivity index (χ4v) is 5.58. The summed E-state index contributed by atoms with van der Waals surface area (Å²) in [7, 11) is 0.